The summed E-state index contributed by atoms with van der Waals surface area (Å²) < 4.78 is 10.7. The minimum Gasteiger partial charge on any atom is -0.508 e. The van der Waals surface area contributed by atoms with Crippen molar-refractivity contribution in [2.75, 3.05) is 21.2 Å². The molecular formula is C38H41N3O8. The number of likely N-dealkylation sites (N-methyl/N-ethyl adjacent to an activating group) is 2. The molecule has 3 unspecified atom stereocenters. The molecule has 0 aromatic heterocycles. The maximum atomic E-state index is 14.3. The second-order valence-electron chi connectivity index (χ2n) is 11.6. The van der Waals surface area contributed by atoms with Crippen LogP contribution in [0.1, 0.15) is 22.3 Å². The fraction of sp³-hybridized carbons (Fsp3) is 0.263. The number of aromatic hydroxyl groups is 1. The molecule has 0 spiro atoms. The van der Waals surface area contributed by atoms with Crippen LogP contribution in [0.4, 0.5) is 4.79 Å². The Bertz CT molecular complexity index is 1680. The molecule has 0 aliphatic carbocycles. The Kier molecular flexibility index (Phi) is 12.7. The van der Waals surface area contributed by atoms with Crippen molar-refractivity contribution in [3.05, 3.63) is 131 Å². The van der Waals surface area contributed by atoms with E-state index in [0.29, 0.717) is 16.9 Å². The first-order valence-electron chi connectivity index (χ1n) is 15.7. The van der Waals surface area contributed by atoms with Gasteiger partial charge in [-0.25, -0.2) is 9.59 Å². The molecule has 0 fully saturated rings. The zero-order valence-corrected chi connectivity index (χ0v) is 27.7. The quantitative estimate of drug-likeness (QED) is 0.169. The van der Waals surface area contributed by atoms with Gasteiger partial charge in [-0.3, -0.25) is 9.59 Å². The molecule has 0 saturated heterocycles. The van der Waals surface area contributed by atoms with Gasteiger partial charge in [-0.2, -0.15) is 0 Å². The number of rotatable bonds is 15. The molecule has 4 aromatic rings. The van der Waals surface area contributed by atoms with Crippen molar-refractivity contribution in [3.8, 4) is 11.5 Å². The normalized spacial score (nSPS) is 12.6. The van der Waals surface area contributed by atoms with Crippen LogP contribution < -0.4 is 10.1 Å². The number of methoxy groups -OCH3 is 1. The fourth-order valence-corrected chi connectivity index (χ4v) is 5.36. The van der Waals surface area contributed by atoms with Gasteiger partial charge in [-0.1, -0.05) is 84.9 Å². The van der Waals surface area contributed by atoms with Crippen molar-refractivity contribution in [1.82, 2.24) is 15.1 Å². The van der Waals surface area contributed by atoms with Crippen molar-refractivity contribution >= 4 is 23.9 Å². The molecule has 0 bridgehead atoms. The van der Waals surface area contributed by atoms with Crippen molar-refractivity contribution in [1.29, 1.82) is 0 Å². The van der Waals surface area contributed by atoms with E-state index in [-0.39, 0.29) is 31.6 Å². The van der Waals surface area contributed by atoms with E-state index in [9.17, 15) is 29.4 Å². The van der Waals surface area contributed by atoms with Crippen LogP contribution in [-0.2, 0) is 45.0 Å². The lowest BCUT2D eigenvalue weighted by Gasteiger charge is -2.35. The molecule has 0 saturated carbocycles. The average molecular weight is 668 g/mol. The summed E-state index contributed by atoms with van der Waals surface area (Å²) in [6.07, 6.45) is -0.700. The van der Waals surface area contributed by atoms with E-state index >= 15 is 0 Å². The van der Waals surface area contributed by atoms with Gasteiger partial charge in [-0.15, -0.1) is 0 Å². The number of phenols is 1. The Morgan fingerprint density at radius 2 is 1.14 bits per heavy atom. The zero-order valence-electron chi connectivity index (χ0n) is 27.7. The molecule has 3 amide bonds. The first-order valence-corrected chi connectivity index (χ1v) is 15.7. The SMILES string of the molecule is COc1ccc(CC(C(=O)N(C)C(Cc2ccccc2)C(=O)O)N(C)C(=O)C(Cc2ccc(O)cc2)NC(=O)OCc2ccccc2)cc1. The summed E-state index contributed by atoms with van der Waals surface area (Å²) in [7, 11) is 4.40. The second kappa shape index (κ2) is 17.4. The fourth-order valence-electron chi connectivity index (χ4n) is 5.36. The van der Waals surface area contributed by atoms with E-state index in [2.05, 4.69) is 5.32 Å². The molecule has 0 radical (unpaired) electrons. The molecule has 11 heteroatoms. The summed E-state index contributed by atoms with van der Waals surface area (Å²) in [6.45, 7) is -0.0238. The summed E-state index contributed by atoms with van der Waals surface area (Å²) in [4.78, 5) is 56.4. The number of carboxylic acids is 1. The third-order valence-electron chi connectivity index (χ3n) is 8.24. The van der Waals surface area contributed by atoms with E-state index < -0.39 is 42.0 Å². The Labute approximate surface area is 285 Å². The number of ether oxygens (including phenoxy) is 2. The summed E-state index contributed by atoms with van der Waals surface area (Å²) >= 11 is 0. The molecule has 0 heterocycles. The van der Waals surface area contributed by atoms with Crippen LogP contribution in [0.5, 0.6) is 11.5 Å². The Morgan fingerprint density at radius 1 is 0.653 bits per heavy atom. The van der Waals surface area contributed by atoms with Crippen LogP contribution in [0.25, 0.3) is 0 Å². The third kappa shape index (κ3) is 10.3. The van der Waals surface area contributed by atoms with Crippen LogP contribution in [-0.4, -0.2) is 83.2 Å². The van der Waals surface area contributed by atoms with E-state index in [1.807, 2.05) is 24.3 Å². The maximum absolute atomic E-state index is 14.3. The van der Waals surface area contributed by atoms with Gasteiger partial charge in [0, 0.05) is 33.4 Å². The number of alkyl carbamates (subject to hydrolysis) is 1. The van der Waals surface area contributed by atoms with E-state index in [1.54, 1.807) is 72.8 Å². The first kappa shape index (κ1) is 36.0. The lowest BCUT2D eigenvalue weighted by molar-refractivity contribution is -0.153. The smallest absolute Gasteiger partial charge is 0.408 e. The zero-order chi connectivity index (χ0) is 35.3. The number of nitrogens with zero attached hydrogens (tertiary/aromatic N) is 2. The number of carbonyl (C=O) groups is 4. The van der Waals surface area contributed by atoms with E-state index in [1.165, 1.54) is 38.2 Å². The predicted octanol–water partition coefficient (Wildman–Crippen LogP) is 4.46. The van der Waals surface area contributed by atoms with Gasteiger partial charge in [0.25, 0.3) is 0 Å². The maximum Gasteiger partial charge on any atom is 0.408 e. The van der Waals surface area contributed by atoms with Crippen LogP contribution >= 0.6 is 0 Å². The Hall–Kier alpha value is -5.84. The van der Waals surface area contributed by atoms with E-state index in [0.717, 1.165) is 16.0 Å². The predicted molar refractivity (Wildman–Crippen MR) is 183 cm³/mol. The number of benzene rings is 4. The lowest BCUT2D eigenvalue weighted by Crippen LogP contribution is -2.58. The van der Waals surface area contributed by atoms with Crippen LogP contribution in [0.3, 0.4) is 0 Å². The van der Waals surface area contributed by atoms with Gasteiger partial charge in [-0.05, 0) is 46.5 Å². The molecular weight excluding hydrogens is 626 g/mol. The number of carbonyl (C=O) groups excluding carboxylic acids is 3. The number of aliphatic carboxylic acids is 1. The molecule has 4 rings (SSSR count). The topological polar surface area (TPSA) is 146 Å². The highest BCUT2D eigenvalue weighted by molar-refractivity contribution is 5.93. The molecule has 256 valence electrons. The van der Waals surface area contributed by atoms with Crippen LogP contribution in [0.2, 0.25) is 0 Å². The van der Waals surface area contributed by atoms with Gasteiger partial charge in [0.15, 0.2) is 0 Å². The highest BCUT2D eigenvalue weighted by Gasteiger charge is 2.37. The summed E-state index contributed by atoms with van der Waals surface area (Å²) in [5, 5.41) is 22.6. The Balaban J connectivity index is 1.63. The average Bonchev–Trinajstić information content (AvgIpc) is 3.12. The second-order valence-corrected chi connectivity index (χ2v) is 11.6. The monoisotopic (exact) mass is 667 g/mol. The number of hydrogen-bond acceptors (Lipinski definition) is 7. The third-order valence-corrected chi connectivity index (χ3v) is 8.24. The number of nitrogens with one attached hydrogen (secondary N) is 1. The van der Waals surface area contributed by atoms with Crippen molar-refractivity contribution in [2.24, 2.45) is 0 Å². The number of amides is 3. The number of carboxylic acid groups (broad SMARTS) is 1. The van der Waals surface area contributed by atoms with Gasteiger partial charge in [0.1, 0.15) is 36.2 Å². The number of hydrogen-bond donors (Lipinski definition) is 3. The molecule has 49 heavy (non-hydrogen) atoms. The van der Waals surface area contributed by atoms with Crippen molar-refractivity contribution in [2.45, 2.75) is 44.0 Å². The summed E-state index contributed by atoms with van der Waals surface area (Å²) in [5.74, 6) is -1.74. The summed E-state index contributed by atoms with van der Waals surface area (Å²) in [5.41, 5.74) is 2.83. The van der Waals surface area contributed by atoms with Crippen molar-refractivity contribution in [3.63, 3.8) is 0 Å². The van der Waals surface area contributed by atoms with Gasteiger partial charge in [0.2, 0.25) is 11.8 Å². The first-order chi connectivity index (χ1) is 23.5. The van der Waals surface area contributed by atoms with Gasteiger partial charge < -0.3 is 34.8 Å². The molecule has 3 atom stereocenters. The van der Waals surface area contributed by atoms with Crippen LogP contribution in [0, 0.1) is 0 Å². The Morgan fingerprint density at radius 3 is 1.71 bits per heavy atom. The molecule has 3 N–H and O–H groups in total. The standard InChI is InChI=1S/C38H41N3O8/c1-40(35(43)32(22-27-14-18-30(42)19-15-27)39-38(47)49-25-29-12-8-5-9-13-29)33(23-28-16-20-31(48-3)21-17-28)36(44)41(2)34(37(45)46)24-26-10-6-4-7-11-26/h4-21,32-34,42H,22-25H2,1-3H3,(H,39,47)(H,45,46). The van der Waals surface area contributed by atoms with Gasteiger partial charge in [0.05, 0.1) is 7.11 Å². The minimum atomic E-state index is -1.21. The number of phenolic OH excluding ortho intramolecular Hbond substituents is 1. The van der Waals surface area contributed by atoms with Crippen molar-refractivity contribution < 1.29 is 38.9 Å². The minimum absolute atomic E-state index is 0.0228. The van der Waals surface area contributed by atoms with E-state index in [4.69, 9.17) is 9.47 Å². The summed E-state index contributed by atoms with van der Waals surface area (Å²) in [6, 6.07) is 27.7. The molecule has 4 aromatic carbocycles. The van der Waals surface area contributed by atoms with Gasteiger partial charge >= 0.3 is 12.1 Å². The molecule has 11 nitrogen and oxygen atoms in total. The highest BCUT2D eigenvalue weighted by Crippen LogP contribution is 2.20. The molecule has 0 aliphatic heterocycles. The highest BCUT2D eigenvalue weighted by atomic mass is 16.5. The molecule has 0 aliphatic rings. The lowest BCUT2D eigenvalue weighted by atomic mass is 9.99. The van der Waals surface area contributed by atoms with Crippen LogP contribution in [0.15, 0.2) is 109 Å². The largest absolute Gasteiger partial charge is 0.508 e.